The molecule has 0 radical (unpaired) electrons. The van der Waals surface area contributed by atoms with E-state index in [1.807, 2.05) is 42.5 Å². The van der Waals surface area contributed by atoms with Crippen molar-refractivity contribution in [2.45, 2.75) is 0 Å². The van der Waals surface area contributed by atoms with Crippen LogP contribution in [-0.4, -0.2) is 18.3 Å². The summed E-state index contributed by atoms with van der Waals surface area (Å²) in [6.45, 7) is 0. The molecule has 0 amide bonds. The fraction of sp³-hybridized carbons (Fsp3) is 0. The predicted molar refractivity (Wildman–Crippen MR) is 281 cm³/mol. The number of hydrogen-bond acceptors (Lipinski definition) is 3. The molecule has 15 rings (SSSR count). The highest BCUT2D eigenvalue weighted by atomic mass is 16.3. The minimum Gasteiger partial charge on any atom is -0.455 e. The Morgan fingerprint density at radius 3 is 1.01 bits per heavy atom. The van der Waals surface area contributed by atoms with Gasteiger partial charge in [0.1, 0.15) is 34.4 Å². The maximum absolute atomic E-state index is 12.4. The van der Waals surface area contributed by atoms with Gasteiger partial charge in [-0.15, -0.1) is 0 Å². The summed E-state index contributed by atoms with van der Waals surface area (Å²) >= 11 is 0. The number of hydrogen-bond donors (Lipinski definition) is 0. The molecule has 318 valence electrons. The topological polar surface area (TPSA) is 80.4 Å². The normalized spacial score (nSPS) is 12.0. The summed E-state index contributed by atoms with van der Waals surface area (Å²) in [6.07, 6.45) is 0. The van der Waals surface area contributed by atoms with E-state index in [0.717, 1.165) is 109 Å². The van der Waals surface area contributed by atoms with E-state index in [1.165, 1.54) is 0 Å². The van der Waals surface area contributed by atoms with Gasteiger partial charge in [0.05, 0.1) is 72.3 Å². The van der Waals surface area contributed by atoms with E-state index in [1.54, 1.807) is 0 Å². The van der Waals surface area contributed by atoms with Crippen molar-refractivity contribution in [3.05, 3.63) is 217 Å². The highest BCUT2D eigenvalue weighted by Crippen LogP contribution is 2.50. The summed E-state index contributed by atoms with van der Waals surface area (Å²) in [5.74, 6) is 0. The van der Waals surface area contributed by atoms with Crippen LogP contribution in [0.25, 0.3) is 132 Å². The van der Waals surface area contributed by atoms with Gasteiger partial charge in [0.2, 0.25) is 0 Å². The number of nitriles is 2. The first-order valence-corrected chi connectivity index (χ1v) is 23.1. The van der Waals surface area contributed by atoms with Gasteiger partial charge in [-0.25, -0.2) is 0 Å². The molecule has 0 saturated carbocycles. The molecule has 0 unspecified atom stereocenters. The fourth-order valence-corrected chi connectivity index (χ4v) is 11.7. The summed E-state index contributed by atoms with van der Waals surface area (Å²) in [5, 5.41) is 34.9. The molecule has 0 aliphatic carbocycles. The number of furan rings is 1. The van der Waals surface area contributed by atoms with E-state index in [0.29, 0.717) is 33.9 Å². The van der Waals surface area contributed by atoms with E-state index < -0.39 is 0 Å². The smallest absolute Gasteiger partial charge is 0.145 e. The van der Waals surface area contributed by atoms with Gasteiger partial charge in [-0.1, -0.05) is 146 Å². The number of para-hydroxylation sites is 8. The molecule has 7 heteroatoms. The van der Waals surface area contributed by atoms with Gasteiger partial charge >= 0.3 is 0 Å². The lowest BCUT2D eigenvalue weighted by atomic mass is 9.98. The third kappa shape index (κ3) is 4.82. The van der Waals surface area contributed by atoms with Crippen molar-refractivity contribution < 1.29 is 4.42 Å². The van der Waals surface area contributed by atoms with Crippen LogP contribution in [-0.2, 0) is 0 Å². The summed E-state index contributed by atoms with van der Waals surface area (Å²) in [7, 11) is 0. The van der Waals surface area contributed by atoms with Crippen molar-refractivity contribution in [3.8, 4) is 34.9 Å². The second-order valence-electron chi connectivity index (χ2n) is 17.8. The number of aromatic nitrogens is 4. The van der Waals surface area contributed by atoms with Gasteiger partial charge in [-0.2, -0.15) is 10.5 Å². The van der Waals surface area contributed by atoms with E-state index in [9.17, 15) is 10.5 Å². The molecule has 10 aromatic carbocycles. The first-order valence-electron chi connectivity index (χ1n) is 23.1. The van der Waals surface area contributed by atoms with Crippen LogP contribution in [0.5, 0.6) is 0 Å². The van der Waals surface area contributed by atoms with Gasteiger partial charge in [-0.05, 0) is 60.7 Å². The van der Waals surface area contributed by atoms with Gasteiger partial charge in [0, 0.05) is 48.5 Å². The molecule has 0 fully saturated rings. The lowest BCUT2D eigenvalue weighted by molar-refractivity contribution is 0.673. The Morgan fingerprint density at radius 2 is 0.594 bits per heavy atom. The molecular formula is C62H34N6O. The van der Waals surface area contributed by atoms with Crippen LogP contribution >= 0.6 is 0 Å². The van der Waals surface area contributed by atoms with Crippen molar-refractivity contribution >= 4 is 109 Å². The predicted octanol–water partition coefficient (Wildman–Crippen LogP) is 15.7. The van der Waals surface area contributed by atoms with Crippen LogP contribution in [0.1, 0.15) is 11.1 Å². The first kappa shape index (κ1) is 37.4. The Kier molecular flexibility index (Phi) is 7.51. The molecule has 0 aliphatic heterocycles. The minimum atomic E-state index is 0.354. The maximum Gasteiger partial charge on any atom is 0.145 e. The molecule has 5 aromatic heterocycles. The van der Waals surface area contributed by atoms with Crippen molar-refractivity contribution in [2.75, 3.05) is 0 Å². The molecule has 15 aromatic rings. The van der Waals surface area contributed by atoms with E-state index in [2.05, 4.69) is 194 Å². The van der Waals surface area contributed by atoms with Crippen molar-refractivity contribution in [2.24, 2.45) is 0 Å². The largest absolute Gasteiger partial charge is 0.455 e. The van der Waals surface area contributed by atoms with Crippen LogP contribution < -0.4 is 0 Å². The average molecular weight is 879 g/mol. The van der Waals surface area contributed by atoms with Crippen LogP contribution in [0.2, 0.25) is 0 Å². The first-order chi connectivity index (χ1) is 34.2. The van der Waals surface area contributed by atoms with Crippen LogP contribution in [0.4, 0.5) is 0 Å². The summed E-state index contributed by atoms with van der Waals surface area (Å²) in [6, 6.07) is 77.0. The molecule has 5 heterocycles. The third-order valence-corrected chi connectivity index (χ3v) is 14.4. The third-order valence-electron chi connectivity index (χ3n) is 14.4. The molecule has 0 N–H and O–H groups in total. The van der Waals surface area contributed by atoms with Crippen molar-refractivity contribution in [1.29, 1.82) is 10.5 Å². The van der Waals surface area contributed by atoms with Gasteiger partial charge < -0.3 is 22.7 Å². The molecule has 0 atom stereocenters. The zero-order valence-electron chi connectivity index (χ0n) is 36.7. The van der Waals surface area contributed by atoms with Gasteiger partial charge in [0.15, 0.2) is 0 Å². The minimum absolute atomic E-state index is 0.354. The number of benzene rings is 10. The van der Waals surface area contributed by atoms with E-state index >= 15 is 0 Å². The van der Waals surface area contributed by atoms with Crippen LogP contribution in [0.15, 0.2) is 211 Å². The standard InChI is InChI=1S/C62H34N6O/c63-35-46-58(65-48-25-9-1-17-37(48)38-18-2-10-26-49(38)65)47(36-64)60(68-54-31-15-7-24-45(54)57-55(68)34-33-44-43-23-8-16-32-56(43)69-62(44)57)61(67-52-29-13-5-21-41(52)42-22-6-14-30-53(42)67)59(46)66-50-27-11-3-19-39(50)40-20-4-12-28-51(40)66/h1-34H. The molecular weight excluding hydrogens is 845 g/mol. The molecule has 0 saturated heterocycles. The fourth-order valence-electron chi connectivity index (χ4n) is 11.7. The Labute approximate surface area is 392 Å². The lowest BCUT2D eigenvalue weighted by Gasteiger charge is -2.27. The quantitative estimate of drug-likeness (QED) is 0.177. The van der Waals surface area contributed by atoms with E-state index in [4.69, 9.17) is 4.42 Å². The van der Waals surface area contributed by atoms with Crippen molar-refractivity contribution in [1.82, 2.24) is 18.3 Å². The monoisotopic (exact) mass is 878 g/mol. The van der Waals surface area contributed by atoms with Gasteiger partial charge in [-0.3, -0.25) is 0 Å². The maximum atomic E-state index is 12.4. The Hall–Kier alpha value is -9.82. The molecule has 0 bridgehead atoms. The molecule has 0 spiro atoms. The van der Waals surface area contributed by atoms with E-state index in [-0.39, 0.29) is 0 Å². The summed E-state index contributed by atoms with van der Waals surface area (Å²) in [5.41, 5.74) is 12.1. The number of rotatable bonds is 4. The van der Waals surface area contributed by atoms with Crippen LogP contribution in [0, 0.1) is 22.7 Å². The SMILES string of the molecule is N#Cc1c(-n2c3ccccc3c3ccccc32)c(C#N)c(-n2c3ccccc3c3c4oc5ccccc5c4ccc32)c(-n2c3ccccc3c3ccccc32)c1-n1c2ccccc2c2ccccc21. The number of nitrogens with zero attached hydrogens (tertiary/aromatic N) is 6. The molecule has 7 nitrogen and oxygen atoms in total. The highest BCUT2D eigenvalue weighted by molar-refractivity contribution is 6.24. The zero-order valence-corrected chi connectivity index (χ0v) is 36.7. The Bertz CT molecular complexity index is 4660. The Balaban J connectivity index is 1.28. The summed E-state index contributed by atoms with van der Waals surface area (Å²) < 4.78 is 15.9. The van der Waals surface area contributed by atoms with Crippen molar-refractivity contribution in [3.63, 3.8) is 0 Å². The molecule has 69 heavy (non-hydrogen) atoms. The highest BCUT2D eigenvalue weighted by Gasteiger charge is 2.35. The molecule has 0 aliphatic rings. The van der Waals surface area contributed by atoms with Crippen LogP contribution in [0.3, 0.4) is 0 Å². The second-order valence-corrected chi connectivity index (χ2v) is 17.8. The Morgan fingerprint density at radius 1 is 0.275 bits per heavy atom. The zero-order chi connectivity index (χ0) is 45.5. The lowest BCUT2D eigenvalue weighted by Crippen LogP contribution is -2.16. The second kappa shape index (κ2) is 13.9. The number of fused-ring (bicyclic) bond motifs is 16. The van der Waals surface area contributed by atoms with Gasteiger partial charge in [0.25, 0.3) is 0 Å². The average Bonchev–Trinajstić information content (AvgIpc) is 4.21. The summed E-state index contributed by atoms with van der Waals surface area (Å²) in [4.78, 5) is 0.